The third kappa shape index (κ3) is 3.86. The molecule has 5 heteroatoms. The molecule has 0 saturated carbocycles. The highest BCUT2D eigenvalue weighted by atomic mass is 19.1. The van der Waals surface area contributed by atoms with E-state index in [0.717, 1.165) is 35.2 Å². The molecule has 29 heavy (non-hydrogen) atoms. The number of rotatable bonds is 3. The Bertz CT molecular complexity index is 1120. The number of hydrogen-bond acceptors (Lipinski definition) is 2. The molecule has 1 aliphatic heterocycles. The van der Waals surface area contributed by atoms with Gasteiger partial charge in [0.25, 0.3) is 11.5 Å². The molecule has 0 aliphatic carbocycles. The first kappa shape index (κ1) is 19.1. The van der Waals surface area contributed by atoms with Crippen molar-refractivity contribution in [3.05, 3.63) is 99.2 Å². The number of pyridine rings is 1. The summed E-state index contributed by atoms with van der Waals surface area (Å²) in [7, 11) is 0. The van der Waals surface area contributed by atoms with Crippen LogP contribution in [0, 0.1) is 12.7 Å². The average Bonchev–Trinajstić information content (AvgIpc) is 2.71. The Morgan fingerprint density at radius 1 is 1.10 bits per heavy atom. The number of aromatic nitrogens is 1. The van der Waals surface area contributed by atoms with E-state index in [0.29, 0.717) is 12.1 Å². The maximum absolute atomic E-state index is 13.6. The van der Waals surface area contributed by atoms with E-state index in [1.54, 1.807) is 27.8 Å². The van der Waals surface area contributed by atoms with Crippen molar-refractivity contribution in [1.82, 2.24) is 4.57 Å². The second-order valence-corrected chi connectivity index (χ2v) is 7.71. The van der Waals surface area contributed by atoms with Crippen LogP contribution in [0.4, 0.5) is 10.1 Å². The number of benzene rings is 2. The third-order valence-corrected chi connectivity index (χ3v) is 5.50. The quantitative estimate of drug-likeness (QED) is 0.668. The van der Waals surface area contributed by atoms with Crippen molar-refractivity contribution in [2.45, 2.75) is 39.3 Å². The van der Waals surface area contributed by atoms with Gasteiger partial charge < -0.3 is 9.47 Å². The van der Waals surface area contributed by atoms with Gasteiger partial charge >= 0.3 is 0 Å². The molecule has 1 aromatic heterocycles. The van der Waals surface area contributed by atoms with Gasteiger partial charge in [0.05, 0.1) is 12.1 Å². The van der Waals surface area contributed by atoms with Crippen molar-refractivity contribution < 1.29 is 9.18 Å². The molecule has 4 rings (SSSR count). The van der Waals surface area contributed by atoms with Gasteiger partial charge in [-0.1, -0.05) is 29.8 Å². The maximum atomic E-state index is 13.6. The van der Waals surface area contributed by atoms with Gasteiger partial charge in [-0.25, -0.2) is 4.39 Å². The van der Waals surface area contributed by atoms with Gasteiger partial charge in [0.15, 0.2) is 0 Å². The van der Waals surface area contributed by atoms with Crippen LogP contribution in [0.25, 0.3) is 0 Å². The Labute approximate surface area is 169 Å². The van der Waals surface area contributed by atoms with Crippen molar-refractivity contribution in [2.75, 3.05) is 4.90 Å². The highest BCUT2D eigenvalue weighted by Gasteiger charge is 2.29. The molecule has 4 nitrogen and oxygen atoms in total. The number of nitrogens with zero attached hydrogens (tertiary/aromatic N) is 2. The first-order valence-corrected chi connectivity index (χ1v) is 9.80. The molecule has 2 aromatic carbocycles. The Kier molecular flexibility index (Phi) is 5.05. The zero-order valence-electron chi connectivity index (χ0n) is 16.6. The first-order valence-electron chi connectivity index (χ1n) is 9.80. The normalized spacial score (nSPS) is 15.8. The van der Waals surface area contributed by atoms with Crippen molar-refractivity contribution in [3.8, 4) is 0 Å². The van der Waals surface area contributed by atoms with Gasteiger partial charge in [-0.2, -0.15) is 0 Å². The van der Waals surface area contributed by atoms with Crippen LogP contribution in [0.5, 0.6) is 0 Å². The summed E-state index contributed by atoms with van der Waals surface area (Å²) in [6.45, 7) is 4.41. The summed E-state index contributed by atoms with van der Waals surface area (Å²) in [6, 6.07) is 15.5. The molecule has 0 spiro atoms. The van der Waals surface area contributed by atoms with Crippen LogP contribution < -0.4 is 10.5 Å². The molecule has 0 saturated heterocycles. The summed E-state index contributed by atoms with van der Waals surface area (Å²) in [6.07, 6.45) is 3.13. The van der Waals surface area contributed by atoms with Crippen LogP contribution in [0.2, 0.25) is 0 Å². The fourth-order valence-corrected chi connectivity index (χ4v) is 3.84. The summed E-state index contributed by atoms with van der Waals surface area (Å²) in [5.74, 6) is -0.472. The molecule has 0 fully saturated rings. The number of amides is 1. The van der Waals surface area contributed by atoms with Gasteiger partial charge in [0.1, 0.15) is 5.82 Å². The van der Waals surface area contributed by atoms with Crippen LogP contribution >= 0.6 is 0 Å². The van der Waals surface area contributed by atoms with Gasteiger partial charge in [-0.3, -0.25) is 9.59 Å². The minimum Gasteiger partial charge on any atom is -0.310 e. The molecule has 0 unspecified atom stereocenters. The largest absolute Gasteiger partial charge is 0.310 e. The van der Waals surface area contributed by atoms with Gasteiger partial charge in [-0.05, 0) is 62.1 Å². The minimum atomic E-state index is -0.294. The number of hydrogen-bond donors (Lipinski definition) is 0. The lowest BCUT2D eigenvalue weighted by Crippen LogP contribution is -2.42. The Balaban J connectivity index is 1.67. The molecule has 1 amide bonds. The van der Waals surface area contributed by atoms with Crippen molar-refractivity contribution in [1.29, 1.82) is 0 Å². The summed E-state index contributed by atoms with van der Waals surface area (Å²) in [4.78, 5) is 27.4. The van der Waals surface area contributed by atoms with Crippen molar-refractivity contribution >= 4 is 11.6 Å². The molecule has 1 atom stereocenters. The van der Waals surface area contributed by atoms with Crippen LogP contribution in [0.15, 0.2) is 65.6 Å². The number of carbonyl (C=O) groups is 1. The van der Waals surface area contributed by atoms with Gasteiger partial charge in [0.2, 0.25) is 0 Å². The highest BCUT2D eigenvalue weighted by molar-refractivity contribution is 6.07. The smallest absolute Gasteiger partial charge is 0.260 e. The van der Waals surface area contributed by atoms with Crippen LogP contribution in [0.1, 0.15) is 40.4 Å². The standard InChI is InChI=1S/C24H23FN2O2/c1-16-3-6-18(7-4-16)14-26-15-20(9-12-23(26)28)24(29)27-17(2)5-8-19-13-21(25)10-11-22(19)27/h3-4,6-7,9-13,15,17H,5,8,14H2,1-2H3/t17-/m1/s1. The van der Waals surface area contributed by atoms with E-state index >= 15 is 0 Å². The molecule has 1 aliphatic rings. The molecule has 0 N–H and O–H groups in total. The van der Waals surface area contributed by atoms with E-state index in [2.05, 4.69) is 0 Å². The van der Waals surface area contributed by atoms with Crippen LogP contribution in [-0.2, 0) is 13.0 Å². The number of anilines is 1. The number of halogens is 1. The molecule has 0 bridgehead atoms. The predicted molar refractivity (Wildman–Crippen MR) is 112 cm³/mol. The molecular formula is C24H23FN2O2. The zero-order valence-corrected chi connectivity index (χ0v) is 16.6. The monoisotopic (exact) mass is 390 g/mol. The Morgan fingerprint density at radius 2 is 1.86 bits per heavy atom. The number of carbonyl (C=O) groups excluding carboxylic acids is 1. The second-order valence-electron chi connectivity index (χ2n) is 7.71. The number of fused-ring (bicyclic) bond motifs is 1. The summed E-state index contributed by atoms with van der Waals surface area (Å²) >= 11 is 0. The fourth-order valence-electron chi connectivity index (χ4n) is 3.84. The number of aryl methyl sites for hydroxylation is 2. The summed E-state index contributed by atoms with van der Waals surface area (Å²) in [5.41, 5.74) is 4.02. The SMILES string of the molecule is Cc1ccc(Cn2cc(C(=O)N3c4ccc(F)cc4CC[C@H]3C)ccc2=O)cc1. The lowest BCUT2D eigenvalue weighted by atomic mass is 9.95. The van der Waals surface area contributed by atoms with Crippen LogP contribution in [0.3, 0.4) is 0 Å². The van der Waals surface area contributed by atoms with Crippen LogP contribution in [-0.4, -0.2) is 16.5 Å². The molecular weight excluding hydrogens is 367 g/mol. The van der Waals surface area contributed by atoms with Gasteiger partial charge in [-0.15, -0.1) is 0 Å². The Hall–Kier alpha value is -3.21. The lowest BCUT2D eigenvalue weighted by Gasteiger charge is -2.35. The topological polar surface area (TPSA) is 42.3 Å². The second kappa shape index (κ2) is 7.66. The summed E-state index contributed by atoms with van der Waals surface area (Å²) in [5, 5.41) is 0. The van der Waals surface area contributed by atoms with E-state index in [9.17, 15) is 14.0 Å². The van der Waals surface area contributed by atoms with E-state index in [1.807, 2.05) is 38.1 Å². The van der Waals surface area contributed by atoms with E-state index in [1.165, 1.54) is 18.2 Å². The lowest BCUT2D eigenvalue weighted by molar-refractivity contribution is 0.0974. The van der Waals surface area contributed by atoms with E-state index < -0.39 is 0 Å². The molecule has 2 heterocycles. The molecule has 0 radical (unpaired) electrons. The highest BCUT2D eigenvalue weighted by Crippen LogP contribution is 2.32. The van der Waals surface area contributed by atoms with E-state index in [4.69, 9.17) is 0 Å². The predicted octanol–water partition coefficient (Wildman–Crippen LogP) is 4.33. The van der Waals surface area contributed by atoms with Crippen molar-refractivity contribution in [3.63, 3.8) is 0 Å². The maximum Gasteiger partial charge on any atom is 0.260 e. The van der Waals surface area contributed by atoms with Gasteiger partial charge in [0, 0.05) is 24.0 Å². The Morgan fingerprint density at radius 3 is 2.62 bits per heavy atom. The fraction of sp³-hybridized carbons (Fsp3) is 0.250. The van der Waals surface area contributed by atoms with Crippen molar-refractivity contribution in [2.24, 2.45) is 0 Å². The average molecular weight is 390 g/mol. The minimum absolute atomic E-state index is 0.00191. The third-order valence-electron chi connectivity index (χ3n) is 5.50. The molecule has 3 aromatic rings. The summed E-state index contributed by atoms with van der Waals surface area (Å²) < 4.78 is 15.2. The zero-order chi connectivity index (χ0) is 20.5. The first-order chi connectivity index (χ1) is 13.9. The van der Waals surface area contributed by atoms with E-state index in [-0.39, 0.29) is 23.3 Å². The molecule has 148 valence electrons.